The molecule has 0 bridgehead atoms. The van der Waals surface area contributed by atoms with Gasteiger partial charge in [0.15, 0.2) is 0 Å². The van der Waals surface area contributed by atoms with Crippen molar-refractivity contribution in [2.24, 2.45) is 10.8 Å². The third-order valence-electron chi connectivity index (χ3n) is 3.83. The molecule has 0 aromatic heterocycles. The third-order valence-corrected chi connectivity index (χ3v) is 3.83. The Morgan fingerprint density at radius 2 is 2.07 bits per heavy atom. The van der Waals surface area contributed by atoms with Crippen LogP contribution in [0.1, 0.15) is 40.0 Å². The predicted octanol–water partition coefficient (Wildman–Crippen LogP) is 1.76. The van der Waals surface area contributed by atoms with Crippen LogP contribution in [-0.4, -0.2) is 25.7 Å². The molecule has 1 spiro atoms. The lowest BCUT2D eigenvalue weighted by molar-refractivity contribution is 0.106. The Labute approximate surface area is 89.3 Å². The Hall–Kier alpha value is -0.0800. The van der Waals surface area contributed by atoms with Crippen molar-refractivity contribution in [3.8, 4) is 0 Å². The summed E-state index contributed by atoms with van der Waals surface area (Å²) in [5.74, 6) is 0. The van der Waals surface area contributed by atoms with Crippen molar-refractivity contribution in [2.45, 2.75) is 46.1 Å². The van der Waals surface area contributed by atoms with E-state index >= 15 is 0 Å². The summed E-state index contributed by atoms with van der Waals surface area (Å²) in [7, 11) is 0. The van der Waals surface area contributed by atoms with Gasteiger partial charge in [-0.25, -0.2) is 0 Å². The molecule has 2 saturated heterocycles. The Morgan fingerprint density at radius 1 is 1.29 bits per heavy atom. The van der Waals surface area contributed by atoms with Gasteiger partial charge in [0, 0.05) is 12.6 Å². The van der Waals surface area contributed by atoms with Crippen LogP contribution in [0.2, 0.25) is 1.41 Å². The molecule has 2 aliphatic heterocycles. The Morgan fingerprint density at radius 3 is 2.64 bits per heavy atom. The molecule has 0 saturated carbocycles. The molecule has 2 unspecified atom stereocenters. The number of nitrogens with one attached hydrogen (secondary N) is 2. The van der Waals surface area contributed by atoms with Crippen LogP contribution in [0.4, 0.5) is 0 Å². The summed E-state index contributed by atoms with van der Waals surface area (Å²) >= 11 is 0. The maximum atomic E-state index is 8.11. The fourth-order valence-corrected chi connectivity index (χ4v) is 3.38. The summed E-state index contributed by atoms with van der Waals surface area (Å²) in [6, 6.07) is 0.415. The van der Waals surface area contributed by atoms with Gasteiger partial charge >= 0.3 is 0 Å². The monoisotopic (exact) mass is 197 g/mol. The average molecular weight is 197 g/mol. The molecule has 2 atom stereocenters. The minimum Gasteiger partial charge on any atom is -0.316 e. The zero-order chi connectivity index (χ0) is 11.1. The van der Waals surface area contributed by atoms with Gasteiger partial charge in [-0.15, -0.1) is 0 Å². The van der Waals surface area contributed by atoms with Gasteiger partial charge < -0.3 is 10.6 Å². The Balaban J connectivity index is 2.23. The predicted molar refractivity (Wildman–Crippen MR) is 60.4 cm³/mol. The Bertz CT molecular complexity index is 223. The van der Waals surface area contributed by atoms with Crippen molar-refractivity contribution in [3.05, 3.63) is 0 Å². The first kappa shape index (κ1) is 9.17. The van der Waals surface area contributed by atoms with Gasteiger partial charge in [-0.3, -0.25) is 0 Å². The highest BCUT2D eigenvalue weighted by molar-refractivity contribution is 5.04. The highest BCUT2D eigenvalue weighted by Gasteiger charge is 2.48. The van der Waals surface area contributed by atoms with Gasteiger partial charge in [0.05, 0.1) is 0 Å². The van der Waals surface area contributed by atoms with Crippen LogP contribution in [0, 0.1) is 10.8 Å². The van der Waals surface area contributed by atoms with E-state index in [0.29, 0.717) is 11.5 Å². The van der Waals surface area contributed by atoms with Crippen LogP contribution in [0.25, 0.3) is 0 Å². The average Bonchev–Trinajstić information content (AvgIpc) is 2.44. The minimum absolute atomic E-state index is 0.220. The van der Waals surface area contributed by atoms with Gasteiger partial charge in [-0.2, -0.15) is 0 Å². The molecule has 0 aliphatic carbocycles. The van der Waals surface area contributed by atoms with E-state index in [9.17, 15) is 0 Å². The number of piperidine rings is 1. The standard InChI is InChI=1S/C12H24N2/c1-11(2,3)10-12(6-8-14-10)5-4-7-13-9-12/h10,13-14H,4-9H2,1-3H3/i/hD. The van der Waals surface area contributed by atoms with Crippen molar-refractivity contribution in [2.75, 3.05) is 19.6 Å². The minimum atomic E-state index is 0.220. The fourth-order valence-electron chi connectivity index (χ4n) is 3.38. The lowest BCUT2D eigenvalue weighted by Crippen LogP contribution is -2.53. The molecular weight excluding hydrogens is 172 g/mol. The van der Waals surface area contributed by atoms with Crippen LogP contribution in [0.3, 0.4) is 0 Å². The van der Waals surface area contributed by atoms with Crippen LogP contribution in [0.15, 0.2) is 0 Å². The van der Waals surface area contributed by atoms with Crippen molar-refractivity contribution >= 4 is 0 Å². The largest absolute Gasteiger partial charge is 0.316 e. The van der Waals surface area contributed by atoms with E-state index in [1.807, 2.05) is 5.31 Å². The van der Waals surface area contributed by atoms with E-state index in [4.69, 9.17) is 1.41 Å². The second kappa shape index (κ2) is 3.49. The molecule has 2 heteroatoms. The van der Waals surface area contributed by atoms with E-state index in [-0.39, 0.29) is 5.41 Å². The Kier molecular flexibility index (Phi) is 2.29. The van der Waals surface area contributed by atoms with E-state index in [2.05, 4.69) is 26.1 Å². The summed E-state index contributed by atoms with van der Waals surface area (Å²) < 4.78 is 8.11. The lowest BCUT2D eigenvalue weighted by atomic mass is 9.66. The zero-order valence-electron chi connectivity index (χ0n) is 10.8. The zero-order valence-corrected chi connectivity index (χ0v) is 9.77. The van der Waals surface area contributed by atoms with Crippen molar-refractivity contribution in [1.29, 1.82) is 0 Å². The molecule has 0 aromatic rings. The molecule has 2 fully saturated rings. The summed E-state index contributed by atoms with van der Waals surface area (Å²) in [6.07, 6.45) is 3.78. The maximum Gasteiger partial charge on any atom is 0.123 e. The molecule has 14 heavy (non-hydrogen) atoms. The SMILES string of the molecule is [2H]N1CCC2(CCCNC2)C1C(C)(C)C. The van der Waals surface area contributed by atoms with E-state index in [0.717, 1.165) is 19.6 Å². The summed E-state index contributed by atoms with van der Waals surface area (Å²) in [5.41, 5.74) is 0.593. The van der Waals surface area contributed by atoms with E-state index < -0.39 is 0 Å². The fraction of sp³-hybridized carbons (Fsp3) is 1.00. The van der Waals surface area contributed by atoms with Gasteiger partial charge in [0.2, 0.25) is 0 Å². The van der Waals surface area contributed by atoms with Gasteiger partial charge in [-0.1, -0.05) is 20.8 Å². The normalized spacial score (nSPS) is 41.6. The van der Waals surface area contributed by atoms with E-state index in [1.165, 1.54) is 19.3 Å². The van der Waals surface area contributed by atoms with Gasteiger partial charge in [0.25, 0.3) is 0 Å². The second-order valence-corrected chi connectivity index (χ2v) is 6.07. The number of hydrogen-bond acceptors (Lipinski definition) is 2. The summed E-state index contributed by atoms with van der Waals surface area (Å²) in [6.45, 7) is 10.1. The number of hydrogen-bond donors (Lipinski definition) is 2. The van der Waals surface area contributed by atoms with Gasteiger partial charge in [-0.05, 0) is 43.2 Å². The highest BCUT2D eigenvalue weighted by atomic mass is 15.0. The third kappa shape index (κ3) is 1.70. The molecule has 2 heterocycles. The van der Waals surface area contributed by atoms with Crippen molar-refractivity contribution in [3.63, 3.8) is 0 Å². The number of rotatable bonds is 0. The first-order valence-electron chi connectivity index (χ1n) is 6.37. The first-order valence-corrected chi connectivity index (χ1v) is 5.92. The van der Waals surface area contributed by atoms with E-state index in [1.54, 1.807) is 0 Å². The van der Waals surface area contributed by atoms with Crippen molar-refractivity contribution < 1.29 is 1.41 Å². The lowest BCUT2D eigenvalue weighted by Gasteiger charge is -2.44. The molecule has 0 radical (unpaired) electrons. The molecule has 82 valence electrons. The molecular formula is C12H24N2. The smallest absolute Gasteiger partial charge is 0.123 e. The van der Waals surface area contributed by atoms with Crippen LogP contribution in [0.5, 0.6) is 0 Å². The first-order chi connectivity index (χ1) is 6.96. The highest BCUT2D eigenvalue weighted by Crippen LogP contribution is 2.44. The molecule has 0 aromatic carbocycles. The summed E-state index contributed by atoms with van der Waals surface area (Å²) in [4.78, 5) is 0. The quantitative estimate of drug-likeness (QED) is 0.618. The molecule has 0 amide bonds. The topological polar surface area (TPSA) is 24.1 Å². The molecule has 2 rings (SSSR count). The van der Waals surface area contributed by atoms with Crippen LogP contribution < -0.4 is 10.6 Å². The molecule has 2 N–H and O–H groups in total. The van der Waals surface area contributed by atoms with Crippen LogP contribution in [-0.2, 0) is 0 Å². The van der Waals surface area contributed by atoms with Crippen LogP contribution >= 0.6 is 0 Å². The molecule has 2 nitrogen and oxygen atoms in total. The maximum absolute atomic E-state index is 8.11. The summed E-state index contributed by atoms with van der Waals surface area (Å²) in [5, 5.41) is 5.37. The molecule has 2 aliphatic rings. The van der Waals surface area contributed by atoms with Crippen molar-refractivity contribution in [1.82, 2.24) is 10.6 Å². The van der Waals surface area contributed by atoms with Gasteiger partial charge in [0.1, 0.15) is 1.41 Å². The second-order valence-electron chi connectivity index (χ2n) is 6.07.